The smallest absolute Gasteiger partial charge is 0.229 e. The first-order chi connectivity index (χ1) is 13.8. The standard InChI is InChI=1S/C20H17N7O/c21-10-8-15-2-1-3-17(12-15)27-19-18(25-26-27)13-22-20(24-19)23-16-6-4-14(5-7-16)9-11-28/h1-7,12-13,28H,8-9,11H2,(H,22,23,24). The van der Waals surface area contributed by atoms with Gasteiger partial charge in [0, 0.05) is 12.3 Å². The van der Waals surface area contributed by atoms with Crippen molar-refractivity contribution in [3.63, 3.8) is 0 Å². The zero-order chi connectivity index (χ0) is 19.3. The molecule has 2 aromatic heterocycles. The average Bonchev–Trinajstić information content (AvgIpc) is 3.13. The van der Waals surface area contributed by atoms with Gasteiger partial charge >= 0.3 is 0 Å². The topological polar surface area (TPSA) is 113 Å². The summed E-state index contributed by atoms with van der Waals surface area (Å²) in [5.74, 6) is 0.430. The molecule has 0 aliphatic carbocycles. The Kier molecular flexibility index (Phi) is 4.91. The van der Waals surface area contributed by atoms with Crippen LogP contribution in [-0.4, -0.2) is 36.7 Å². The molecule has 0 saturated heterocycles. The fraction of sp³-hybridized carbons (Fsp3) is 0.150. The molecule has 8 nitrogen and oxygen atoms in total. The zero-order valence-electron chi connectivity index (χ0n) is 14.9. The molecule has 0 aliphatic rings. The Bertz CT molecular complexity index is 1150. The van der Waals surface area contributed by atoms with Gasteiger partial charge in [0.05, 0.1) is 24.4 Å². The molecule has 0 amide bonds. The van der Waals surface area contributed by atoms with E-state index in [4.69, 9.17) is 10.4 Å². The molecule has 8 heteroatoms. The Morgan fingerprint density at radius 1 is 1.11 bits per heavy atom. The first-order valence-corrected chi connectivity index (χ1v) is 8.78. The van der Waals surface area contributed by atoms with Gasteiger partial charge in [0.2, 0.25) is 5.95 Å². The molecule has 4 rings (SSSR count). The van der Waals surface area contributed by atoms with Crippen molar-refractivity contribution in [3.05, 3.63) is 65.9 Å². The monoisotopic (exact) mass is 371 g/mol. The fourth-order valence-electron chi connectivity index (χ4n) is 2.86. The van der Waals surface area contributed by atoms with Crippen molar-refractivity contribution >= 4 is 22.8 Å². The lowest BCUT2D eigenvalue weighted by Gasteiger charge is -2.07. The first-order valence-electron chi connectivity index (χ1n) is 8.78. The van der Waals surface area contributed by atoms with Gasteiger partial charge in [-0.3, -0.25) is 0 Å². The van der Waals surface area contributed by atoms with Crippen molar-refractivity contribution < 1.29 is 5.11 Å². The van der Waals surface area contributed by atoms with Crippen LogP contribution in [0.1, 0.15) is 11.1 Å². The number of hydrogen-bond acceptors (Lipinski definition) is 7. The van der Waals surface area contributed by atoms with Crippen molar-refractivity contribution in [1.29, 1.82) is 5.26 Å². The van der Waals surface area contributed by atoms with Gasteiger partial charge in [0.25, 0.3) is 0 Å². The van der Waals surface area contributed by atoms with Gasteiger partial charge in [0.1, 0.15) is 0 Å². The first kappa shape index (κ1) is 17.6. The Balaban J connectivity index is 1.64. The number of anilines is 2. The number of aliphatic hydroxyl groups is 1. The van der Waals surface area contributed by atoms with Gasteiger partial charge in [-0.15, -0.1) is 5.10 Å². The van der Waals surface area contributed by atoms with E-state index in [1.165, 1.54) is 0 Å². The van der Waals surface area contributed by atoms with Gasteiger partial charge in [0.15, 0.2) is 11.2 Å². The van der Waals surface area contributed by atoms with E-state index < -0.39 is 0 Å². The second-order valence-corrected chi connectivity index (χ2v) is 6.20. The highest BCUT2D eigenvalue weighted by atomic mass is 16.2. The maximum absolute atomic E-state index is 9.01. The molecule has 2 aromatic carbocycles. The summed E-state index contributed by atoms with van der Waals surface area (Å²) in [5, 5.41) is 29.4. The minimum Gasteiger partial charge on any atom is -0.396 e. The Labute approximate surface area is 161 Å². The van der Waals surface area contributed by atoms with E-state index in [-0.39, 0.29) is 6.61 Å². The molecule has 0 bridgehead atoms. The van der Waals surface area contributed by atoms with E-state index in [0.29, 0.717) is 30.0 Å². The second-order valence-electron chi connectivity index (χ2n) is 6.20. The van der Waals surface area contributed by atoms with Gasteiger partial charge < -0.3 is 10.4 Å². The van der Waals surface area contributed by atoms with Crippen LogP contribution in [-0.2, 0) is 12.8 Å². The van der Waals surface area contributed by atoms with Gasteiger partial charge in [-0.2, -0.15) is 14.9 Å². The maximum Gasteiger partial charge on any atom is 0.229 e. The van der Waals surface area contributed by atoms with Crippen molar-refractivity contribution in [3.8, 4) is 11.8 Å². The van der Waals surface area contributed by atoms with E-state index in [0.717, 1.165) is 22.5 Å². The summed E-state index contributed by atoms with van der Waals surface area (Å²) in [7, 11) is 0. The number of nitriles is 1. The van der Waals surface area contributed by atoms with Crippen LogP contribution < -0.4 is 5.32 Å². The number of benzene rings is 2. The third kappa shape index (κ3) is 3.65. The van der Waals surface area contributed by atoms with Crippen LogP contribution in [0, 0.1) is 11.3 Å². The number of nitrogens with one attached hydrogen (secondary N) is 1. The highest BCUT2D eigenvalue weighted by Gasteiger charge is 2.11. The second kappa shape index (κ2) is 7.82. The average molecular weight is 371 g/mol. The molecule has 138 valence electrons. The van der Waals surface area contributed by atoms with Crippen LogP contribution >= 0.6 is 0 Å². The summed E-state index contributed by atoms with van der Waals surface area (Å²) in [5.41, 5.74) is 4.74. The predicted octanol–water partition coefficient (Wildman–Crippen LogP) is 2.55. The Morgan fingerprint density at radius 3 is 2.75 bits per heavy atom. The third-order valence-corrected chi connectivity index (χ3v) is 4.24. The summed E-state index contributed by atoms with van der Waals surface area (Å²) in [4.78, 5) is 8.85. The molecule has 0 saturated carbocycles. The summed E-state index contributed by atoms with van der Waals surface area (Å²) >= 11 is 0. The molecule has 28 heavy (non-hydrogen) atoms. The summed E-state index contributed by atoms with van der Waals surface area (Å²) in [6.45, 7) is 0.124. The molecular weight excluding hydrogens is 354 g/mol. The van der Waals surface area contributed by atoms with Crippen LogP contribution in [0.5, 0.6) is 0 Å². The molecule has 0 radical (unpaired) electrons. The third-order valence-electron chi connectivity index (χ3n) is 4.24. The fourth-order valence-corrected chi connectivity index (χ4v) is 2.86. The predicted molar refractivity (Wildman–Crippen MR) is 104 cm³/mol. The summed E-state index contributed by atoms with van der Waals surface area (Å²) < 4.78 is 1.63. The molecule has 0 aliphatic heterocycles. The van der Waals surface area contributed by atoms with E-state index >= 15 is 0 Å². The number of rotatable bonds is 6. The van der Waals surface area contributed by atoms with E-state index in [1.807, 2.05) is 48.5 Å². The van der Waals surface area contributed by atoms with Crippen LogP contribution in [0.2, 0.25) is 0 Å². The van der Waals surface area contributed by atoms with Crippen LogP contribution in [0.4, 0.5) is 11.6 Å². The number of aliphatic hydroxyl groups excluding tert-OH is 1. The van der Waals surface area contributed by atoms with Crippen LogP contribution in [0.3, 0.4) is 0 Å². The number of fused-ring (bicyclic) bond motifs is 1. The molecule has 0 atom stereocenters. The van der Waals surface area contributed by atoms with Crippen molar-refractivity contribution in [2.24, 2.45) is 0 Å². The van der Waals surface area contributed by atoms with E-state index in [9.17, 15) is 0 Å². The molecule has 2 N–H and O–H groups in total. The van der Waals surface area contributed by atoms with Gasteiger partial charge in [-0.25, -0.2) is 4.98 Å². The van der Waals surface area contributed by atoms with Crippen LogP contribution in [0.15, 0.2) is 54.7 Å². The summed E-state index contributed by atoms with van der Waals surface area (Å²) in [6, 6.07) is 17.4. The zero-order valence-corrected chi connectivity index (χ0v) is 14.9. The van der Waals surface area contributed by atoms with Crippen LogP contribution in [0.25, 0.3) is 16.9 Å². The minimum absolute atomic E-state index is 0.124. The lowest BCUT2D eigenvalue weighted by molar-refractivity contribution is 0.299. The SMILES string of the molecule is N#CCc1cccc(-n2nnc3cnc(Nc4ccc(CCO)cc4)nc32)c1. The van der Waals surface area contributed by atoms with E-state index in [2.05, 4.69) is 31.7 Å². The van der Waals surface area contributed by atoms with Crippen molar-refractivity contribution in [2.75, 3.05) is 11.9 Å². The highest BCUT2D eigenvalue weighted by Crippen LogP contribution is 2.19. The number of aromatic nitrogens is 5. The van der Waals surface area contributed by atoms with E-state index in [1.54, 1.807) is 10.9 Å². The quantitative estimate of drug-likeness (QED) is 0.535. The molecule has 0 unspecified atom stereocenters. The summed E-state index contributed by atoms with van der Waals surface area (Å²) in [6.07, 6.45) is 2.57. The highest BCUT2D eigenvalue weighted by molar-refractivity contribution is 5.72. The molecule has 4 aromatic rings. The Hall–Kier alpha value is -3.83. The Morgan fingerprint density at radius 2 is 1.96 bits per heavy atom. The number of nitrogens with zero attached hydrogens (tertiary/aromatic N) is 6. The maximum atomic E-state index is 9.01. The lowest BCUT2D eigenvalue weighted by atomic mass is 10.1. The molecule has 2 heterocycles. The number of hydrogen-bond donors (Lipinski definition) is 2. The minimum atomic E-state index is 0.124. The van der Waals surface area contributed by atoms with Crippen molar-refractivity contribution in [2.45, 2.75) is 12.8 Å². The lowest BCUT2D eigenvalue weighted by Crippen LogP contribution is -2.02. The molecule has 0 fully saturated rings. The molecule has 0 spiro atoms. The van der Waals surface area contributed by atoms with Gasteiger partial charge in [-0.1, -0.05) is 29.5 Å². The van der Waals surface area contributed by atoms with Crippen molar-refractivity contribution in [1.82, 2.24) is 25.0 Å². The molecular formula is C20H17N7O. The normalized spacial score (nSPS) is 10.7. The largest absolute Gasteiger partial charge is 0.396 e. The van der Waals surface area contributed by atoms with Gasteiger partial charge in [-0.05, 0) is 41.8 Å².